The third-order valence-electron chi connectivity index (χ3n) is 4.42. The largest absolute Gasteiger partial charge is 0.493 e. The minimum Gasteiger partial charge on any atom is -0.493 e. The van der Waals surface area contributed by atoms with Gasteiger partial charge in [-0.3, -0.25) is 4.79 Å². The van der Waals surface area contributed by atoms with E-state index in [1.807, 2.05) is 0 Å². The van der Waals surface area contributed by atoms with Crippen LogP contribution < -0.4 is 15.0 Å². The van der Waals surface area contributed by atoms with Crippen LogP contribution in [-0.4, -0.2) is 43.4 Å². The van der Waals surface area contributed by atoms with Gasteiger partial charge >= 0.3 is 0 Å². The number of nitrogens with zero attached hydrogens (tertiary/aromatic N) is 3. The number of aromatic nitrogens is 3. The van der Waals surface area contributed by atoms with E-state index in [1.54, 1.807) is 18.2 Å². The number of alkyl halides is 2. The Bertz CT molecular complexity index is 1330. The van der Waals surface area contributed by atoms with Crippen LogP contribution in [0.25, 0.3) is 11.3 Å². The fourth-order valence-corrected chi connectivity index (χ4v) is 3.44. The minimum atomic E-state index is -4.02. The average molecular weight is 469 g/mol. The summed E-state index contributed by atoms with van der Waals surface area (Å²) in [7, 11) is -1.13. The van der Waals surface area contributed by atoms with Gasteiger partial charge in [-0.25, -0.2) is 31.6 Å². The van der Waals surface area contributed by atoms with Gasteiger partial charge in [0.05, 0.1) is 26.5 Å². The molecule has 0 N–H and O–H groups in total. The fraction of sp³-hybridized carbons (Fsp3) is 0.250. The first kappa shape index (κ1) is 23.3. The van der Waals surface area contributed by atoms with Crippen LogP contribution in [0, 0.1) is 5.82 Å². The Labute approximate surface area is 181 Å². The van der Waals surface area contributed by atoms with Crippen molar-refractivity contribution in [1.29, 1.82) is 0 Å². The van der Waals surface area contributed by atoms with Crippen molar-refractivity contribution in [3.8, 4) is 22.8 Å². The highest BCUT2D eigenvalue weighted by Crippen LogP contribution is 2.28. The van der Waals surface area contributed by atoms with Gasteiger partial charge in [-0.2, -0.15) is 0 Å². The molecule has 0 saturated carbocycles. The molecule has 0 aliphatic rings. The summed E-state index contributed by atoms with van der Waals surface area (Å²) in [5, 5.41) is -0.830. The van der Waals surface area contributed by atoms with E-state index in [2.05, 4.69) is 9.97 Å². The molecule has 3 aromatic rings. The van der Waals surface area contributed by atoms with Gasteiger partial charge in [-0.1, -0.05) is 6.07 Å². The third kappa shape index (κ3) is 4.90. The first-order valence-corrected chi connectivity index (χ1v) is 10.9. The zero-order chi connectivity index (χ0) is 23.6. The zero-order valence-corrected chi connectivity index (χ0v) is 18.0. The Morgan fingerprint density at radius 2 is 1.75 bits per heavy atom. The molecule has 0 amide bonds. The molecule has 170 valence electrons. The zero-order valence-electron chi connectivity index (χ0n) is 17.2. The molecule has 0 atom stereocenters. The third-order valence-corrected chi connectivity index (χ3v) is 5.27. The van der Waals surface area contributed by atoms with E-state index in [0.717, 1.165) is 23.0 Å². The quantitative estimate of drug-likeness (QED) is 0.491. The predicted molar refractivity (Wildman–Crippen MR) is 108 cm³/mol. The Hall–Kier alpha value is -3.41. The van der Waals surface area contributed by atoms with Gasteiger partial charge in [0.25, 0.3) is 12.0 Å². The van der Waals surface area contributed by atoms with Crippen molar-refractivity contribution in [2.45, 2.75) is 18.1 Å². The number of pyridine rings is 1. The Kier molecular flexibility index (Phi) is 6.53. The van der Waals surface area contributed by atoms with Crippen molar-refractivity contribution in [3.05, 3.63) is 64.0 Å². The van der Waals surface area contributed by atoms with Gasteiger partial charge < -0.3 is 14.0 Å². The molecule has 12 heteroatoms. The van der Waals surface area contributed by atoms with E-state index in [-0.39, 0.29) is 17.8 Å². The van der Waals surface area contributed by atoms with Gasteiger partial charge in [0, 0.05) is 18.0 Å². The highest BCUT2D eigenvalue weighted by molar-refractivity contribution is 7.90. The molecular weight excluding hydrogens is 451 g/mol. The summed E-state index contributed by atoms with van der Waals surface area (Å²) < 4.78 is 75.9. The number of sulfone groups is 1. The van der Waals surface area contributed by atoms with Crippen LogP contribution in [0.4, 0.5) is 13.2 Å². The maximum absolute atomic E-state index is 14.4. The van der Waals surface area contributed by atoms with Gasteiger partial charge in [0.1, 0.15) is 5.69 Å². The molecule has 0 aliphatic carbocycles. The highest BCUT2D eigenvalue weighted by Gasteiger charge is 2.20. The summed E-state index contributed by atoms with van der Waals surface area (Å²) in [6.07, 6.45) is -1.12. The maximum atomic E-state index is 14.4. The molecule has 2 aromatic heterocycles. The predicted octanol–water partition coefficient (Wildman–Crippen LogP) is 2.85. The van der Waals surface area contributed by atoms with Crippen molar-refractivity contribution in [2.75, 3.05) is 20.5 Å². The molecule has 0 radical (unpaired) electrons. The van der Waals surface area contributed by atoms with Crippen molar-refractivity contribution in [1.82, 2.24) is 14.5 Å². The summed E-state index contributed by atoms with van der Waals surface area (Å²) in [6.45, 7) is -0.0876. The standard InChI is InChI=1S/C20H18F3N3O5S/c1-30-16-5-4-11(6-17(16)31-2)9-26-10-12(7-13(21)19(26)27)14-8-15(18(22)23)25-20(24-14)32(3,28)29/h4-8,10,18H,9H2,1-3H3. The molecule has 0 saturated heterocycles. The number of rotatable bonds is 7. The van der Waals surface area contributed by atoms with Gasteiger partial charge in [-0.05, 0) is 29.8 Å². The first-order chi connectivity index (χ1) is 15.0. The van der Waals surface area contributed by atoms with E-state index < -0.39 is 38.5 Å². The minimum absolute atomic E-state index is 0.0724. The molecule has 0 unspecified atom stereocenters. The van der Waals surface area contributed by atoms with Crippen LogP contribution in [0.2, 0.25) is 0 Å². The van der Waals surface area contributed by atoms with Gasteiger partial charge in [-0.15, -0.1) is 0 Å². The first-order valence-electron chi connectivity index (χ1n) is 9.02. The van der Waals surface area contributed by atoms with Crippen LogP contribution in [0.5, 0.6) is 11.5 Å². The summed E-state index contributed by atoms with van der Waals surface area (Å²) in [4.78, 5) is 19.5. The SMILES string of the molecule is COc1ccc(Cn2cc(-c3cc(C(F)F)nc(S(C)(=O)=O)n3)cc(F)c2=O)cc1OC. The molecule has 3 rings (SSSR count). The lowest BCUT2D eigenvalue weighted by molar-refractivity contribution is 0.145. The van der Waals surface area contributed by atoms with Crippen LogP contribution in [0.1, 0.15) is 17.7 Å². The normalized spacial score (nSPS) is 11.6. The second-order valence-corrected chi connectivity index (χ2v) is 8.64. The smallest absolute Gasteiger partial charge is 0.286 e. The number of benzene rings is 1. The van der Waals surface area contributed by atoms with E-state index >= 15 is 0 Å². The molecular formula is C20H18F3N3O5S. The molecule has 8 nitrogen and oxygen atoms in total. The summed E-state index contributed by atoms with van der Waals surface area (Å²) in [5.41, 5.74) is -1.58. The lowest BCUT2D eigenvalue weighted by Crippen LogP contribution is -2.23. The summed E-state index contributed by atoms with van der Waals surface area (Å²) in [6, 6.07) is 6.49. The monoisotopic (exact) mass is 469 g/mol. The second-order valence-electron chi connectivity index (χ2n) is 6.73. The number of ether oxygens (including phenoxy) is 2. The lowest BCUT2D eigenvalue weighted by atomic mass is 10.1. The number of hydrogen-bond acceptors (Lipinski definition) is 7. The maximum Gasteiger partial charge on any atom is 0.286 e. The molecule has 32 heavy (non-hydrogen) atoms. The summed E-state index contributed by atoms with van der Waals surface area (Å²) >= 11 is 0. The van der Waals surface area contributed by atoms with Gasteiger partial charge in [0.2, 0.25) is 15.0 Å². The van der Waals surface area contributed by atoms with Crippen LogP contribution in [-0.2, 0) is 16.4 Å². The van der Waals surface area contributed by atoms with Crippen LogP contribution >= 0.6 is 0 Å². The van der Waals surface area contributed by atoms with E-state index in [4.69, 9.17) is 9.47 Å². The second kappa shape index (κ2) is 8.99. The van der Waals surface area contributed by atoms with Crippen LogP contribution in [0.3, 0.4) is 0 Å². The Morgan fingerprint density at radius 3 is 2.34 bits per heavy atom. The molecule has 0 aliphatic heterocycles. The highest BCUT2D eigenvalue weighted by atomic mass is 32.2. The van der Waals surface area contributed by atoms with Crippen molar-refractivity contribution < 1.29 is 31.1 Å². The summed E-state index contributed by atoms with van der Waals surface area (Å²) in [5.74, 6) is -0.316. The fourth-order valence-electron chi connectivity index (χ4n) is 2.90. The lowest BCUT2D eigenvalue weighted by Gasteiger charge is -2.13. The molecule has 1 aromatic carbocycles. The van der Waals surface area contributed by atoms with Gasteiger partial charge in [0.15, 0.2) is 17.3 Å². The molecule has 0 bridgehead atoms. The number of hydrogen-bond donors (Lipinski definition) is 0. The molecule has 0 spiro atoms. The van der Waals surface area contributed by atoms with Crippen LogP contribution in [0.15, 0.2) is 46.5 Å². The van der Waals surface area contributed by atoms with E-state index in [9.17, 15) is 26.4 Å². The molecule has 2 heterocycles. The Balaban J connectivity index is 2.12. The van der Waals surface area contributed by atoms with E-state index in [1.165, 1.54) is 20.4 Å². The van der Waals surface area contributed by atoms with Crippen molar-refractivity contribution in [3.63, 3.8) is 0 Å². The average Bonchev–Trinajstić information content (AvgIpc) is 2.75. The van der Waals surface area contributed by atoms with Crippen molar-refractivity contribution >= 4 is 9.84 Å². The number of halogens is 3. The van der Waals surface area contributed by atoms with Crippen molar-refractivity contribution in [2.24, 2.45) is 0 Å². The van der Waals surface area contributed by atoms with E-state index in [0.29, 0.717) is 17.1 Å². The number of methoxy groups -OCH3 is 2. The Morgan fingerprint density at radius 1 is 1.06 bits per heavy atom. The topological polar surface area (TPSA) is 100 Å². The molecule has 0 fully saturated rings.